The first kappa shape index (κ1) is 46.9. The normalized spacial score (nSPS) is 24.8. The van der Waals surface area contributed by atoms with Crippen molar-refractivity contribution < 1.29 is 41.1 Å². The van der Waals surface area contributed by atoms with Crippen LogP contribution in [0.4, 0.5) is 17.1 Å². The summed E-state index contributed by atoms with van der Waals surface area (Å²) in [5.41, 5.74) is 2.32. The molecule has 0 unspecified atom stereocenters. The molecular formula is C49H58N8O10S2. The molecule has 18 nitrogen and oxygen atoms in total. The van der Waals surface area contributed by atoms with E-state index in [1.807, 2.05) is 18.2 Å². The van der Waals surface area contributed by atoms with E-state index in [-0.39, 0.29) is 76.4 Å². The molecule has 366 valence electrons. The predicted molar refractivity (Wildman–Crippen MR) is 259 cm³/mol. The molecule has 10 rings (SSSR count). The molecule has 4 fully saturated rings. The van der Waals surface area contributed by atoms with Gasteiger partial charge in [-0.25, -0.2) is 18.1 Å². The number of benzene rings is 2. The number of amides is 1. The van der Waals surface area contributed by atoms with Gasteiger partial charge in [0.25, 0.3) is 15.9 Å². The van der Waals surface area contributed by atoms with Crippen LogP contribution in [0, 0.1) is 21.4 Å². The second-order valence-corrected chi connectivity index (χ2v) is 24.2. The number of carbonyl (C=O) groups is 1. The Morgan fingerprint density at radius 2 is 1.80 bits per heavy atom. The third-order valence-corrected chi connectivity index (χ3v) is 18.1. The molecule has 2 saturated heterocycles. The van der Waals surface area contributed by atoms with Crippen molar-refractivity contribution in [2.45, 2.75) is 107 Å². The highest BCUT2D eigenvalue weighted by Gasteiger charge is 2.51. The van der Waals surface area contributed by atoms with Crippen molar-refractivity contribution in [3.8, 4) is 17.4 Å². The molecular weight excluding hydrogens is 925 g/mol. The number of anilines is 2. The smallest absolute Gasteiger partial charge is 0.300 e. The number of carbonyl (C=O) groups excluding carboxylic acids is 1. The van der Waals surface area contributed by atoms with E-state index in [0.717, 1.165) is 61.5 Å². The summed E-state index contributed by atoms with van der Waals surface area (Å²) in [4.78, 5) is 42.0. The molecule has 0 bridgehead atoms. The van der Waals surface area contributed by atoms with Crippen LogP contribution in [0.1, 0.15) is 106 Å². The van der Waals surface area contributed by atoms with Crippen molar-refractivity contribution in [2.75, 3.05) is 48.0 Å². The number of sulfonamides is 1. The molecule has 6 heterocycles. The molecule has 0 radical (unpaired) electrons. The van der Waals surface area contributed by atoms with Crippen LogP contribution in [0.25, 0.3) is 11.0 Å². The summed E-state index contributed by atoms with van der Waals surface area (Å²) >= 11 is 0. The Hall–Kier alpha value is -5.83. The molecule has 2 aromatic carbocycles. The molecule has 3 aliphatic heterocycles. The summed E-state index contributed by atoms with van der Waals surface area (Å²) in [5, 5.41) is 26.0. The lowest BCUT2D eigenvalue weighted by Gasteiger charge is -2.57. The van der Waals surface area contributed by atoms with E-state index < -0.39 is 47.0 Å². The Morgan fingerprint density at radius 3 is 2.54 bits per heavy atom. The van der Waals surface area contributed by atoms with Crippen LogP contribution >= 0.6 is 0 Å². The average molecular weight is 983 g/mol. The lowest BCUT2D eigenvalue weighted by Crippen LogP contribution is -2.58. The van der Waals surface area contributed by atoms with Crippen LogP contribution in [0.5, 0.6) is 17.4 Å². The number of fused-ring (bicyclic) bond motifs is 2. The molecule has 69 heavy (non-hydrogen) atoms. The Bertz CT molecular complexity index is 3030. The van der Waals surface area contributed by atoms with Crippen molar-refractivity contribution in [2.24, 2.45) is 11.3 Å². The van der Waals surface area contributed by atoms with Gasteiger partial charge in [-0.2, -0.15) is 13.4 Å². The summed E-state index contributed by atoms with van der Waals surface area (Å²) in [5.74, 6) is -0.306. The molecule has 2 atom stereocenters. The minimum absolute atomic E-state index is 0.0459. The van der Waals surface area contributed by atoms with Gasteiger partial charge in [-0.15, -0.1) is 0 Å². The van der Waals surface area contributed by atoms with Crippen LogP contribution in [-0.4, -0.2) is 108 Å². The number of sulfone groups is 1. The molecule has 1 spiro atoms. The fourth-order valence-electron chi connectivity index (χ4n) is 11.3. The highest BCUT2D eigenvalue weighted by atomic mass is 32.2. The number of hydrogen-bond acceptors (Lipinski definition) is 15. The standard InChI is InChI=1S/C49H58N8O10S2/c1-30(2)36-6-4-5-7-37(36)41-29-68(62,63)21-20-56(41)34-25-49(26-34)15-18-55(19-16-49)33-8-9-38(42(23-33)67-35-22-32-12-17-50-45(32)51-27-35)46(58)54-69(64,65)43-24-40(57(60)61)44-47(53-43)66-28-39(52-44)31-10-13-48(3,59)14-11-31/h4-9,12,17,22-24,27,30-31,34,39,41,52,59H,10-11,13-16,18-21,25-26,28-29H2,1-3H3,(H,50,51)(H,54,58)/t31-,39-,41+,48-/m1/s1. The van der Waals surface area contributed by atoms with Crippen molar-refractivity contribution >= 4 is 53.9 Å². The van der Waals surface area contributed by atoms with Gasteiger partial charge < -0.3 is 29.8 Å². The number of H-pyrrole nitrogens is 1. The minimum atomic E-state index is -4.81. The molecule has 2 aliphatic carbocycles. The van der Waals surface area contributed by atoms with Crippen molar-refractivity contribution in [1.29, 1.82) is 0 Å². The molecule has 1 amide bonds. The number of pyridine rings is 2. The highest BCUT2D eigenvalue weighted by Crippen LogP contribution is 2.54. The van der Waals surface area contributed by atoms with Crippen molar-refractivity contribution in [3.63, 3.8) is 0 Å². The zero-order valence-electron chi connectivity index (χ0n) is 38.9. The number of nitro groups is 1. The first-order chi connectivity index (χ1) is 32.8. The van der Waals surface area contributed by atoms with Gasteiger partial charge in [0.2, 0.25) is 5.88 Å². The Kier molecular flexibility index (Phi) is 12.1. The first-order valence-corrected chi connectivity index (χ1v) is 27.1. The van der Waals surface area contributed by atoms with Gasteiger partial charge in [-0.1, -0.05) is 38.1 Å². The zero-order valence-corrected chi connectivity index (χ0v) is 40.5. The second kappa shape index (κ2) is 17.8. The number of aliphatic hydroxyl groups is 1. The molecule has 5 aliphatic rings. The Labute approximate surface area is 401 Å². The number of nitrogens with zero attached hydrogens (tertiary/aromatic N) is 5. The van der Waals surface area contributed by atoms with Gasteiger partial charge in [0.15, 0.2) is 20.6 Å². The Balaban J connectivity index is 0.860. The van der Waals surface area contributed by atoms with E-state index in [9.17, 15) is 36.9 Å². The molecule has 5 aromatic rings. The van der Waals surface area contributed by atoms with Crippen LogP contribution in [0.3, 0.4) is 0 Å². The lowest BCUT2D eigenvalue weighted by atomic mass is 9.59. The fourth-order valence-corrected chi connectivity index (χ4v) is 13.8. The van der Waals surface area contributed by atoms with E-state index >= 15 is 0 Å². The maximum absolute atomic E-state index is 14.1. The second-order valence-electron chi connectivity index (χ2n) is 20.3. The largest absolute Gasteiger partial charge is 0.474 e. The average Bonchev–Trinajstić information content (AvgIpc) is 3.78. The van der Waals surface area contributed by atoms with Gasteiger partial charge in [0.1, 0.15) is 23.8 Å². The number of ether oxygens (including phenoxy) is 2. The Morgan fingerprint density at radius 1 is 1.04 bits per heavy atom. The minimum Gasteiger partial charge on any atom is -0.474 e. The van der Waals surface area contributed by atoms with Crippen LogP contribution < -0.4 is 24.4 Å². The van der Waals surface area contributed by atoms with Gasteiger partial charge in [-0.3, -0.25) is 19.8 Å². The van der Waals surface area contributed by atoms with Crippen LogP contribution in [0.2, 0.25) is 0 Å². The number of nitrogens with one attached hydrogen (secondary N) is 3. The highest BCUT2D eigenvalue weighted by molar-refractivity contribution is 7.91. The van der Waals surface area contributed by atoms with Crippen LogP contribution in [0.15, 0.2) is 78.1 Å². The molecule has 2 saturated carbocycles. The number of aromatic amines is 1. The number of piperidine rings is 1. The van der Waals surface area contributed by atoms with Gasteiger partial charge >= 0.3 is 5.69 Å². The van der Waals surface area contributed by atoms with Crippen LogP contribution in [-0.2, 0) is 19.9 Å². The molecule has 20 heteroatoms. The van der Waals surface area contributed by atoms with Gasteiger partial charge in [-0.05, 0) is 111 Å². The van der Waals surface area contributed by atoms with Gasteiger partial charge in [0.05, 0.1) is 45.9 Å². The first-order valence-electron chi connectivity index (χ1n) is 23.8. The monoisotopic (exact) mass is 982 g/mol. The van der Waals surface area contributed by atoms with Crippen molar-refractivity contribution in [1.82, 2.24) is 24.6 Å². The summed E-state index contributed by atoms with van der Waals surface area (Å²) in [6, 6.07) is 17.4. The lowest BCUT2D eigenvalue weighted by molar-refractivity contribution is -0.384. The number of rotatable bonds is 11. The summed E-state index contributed by atoms with van der Waals surface area (Å²) in [6.45, 7) is 8.13. The van der Waals surface area contributed by atoms with E-state index in [0.29, 0.717) is 43.6 Å². The molecule has 4 N–H and O–H groups in total. The summed E-state index contributed by atoms with van der Waals surface area (Å²) in [6.07, 6.45) is 9.53. The molecule has 3 aromatic heterocycles. The maximum atomic E-state index is 14.1. The van der Waals surface area contributed by atoms with E-state index in [2.05, 4.69) is 60.8 Å². The summed E-state index contributed by atoms with van der Waals surface area (Å²) in [7, 11) is -7.98. The topological polar surface area (TPSA) is 239 Å². The van der Waals surface area contributed by atoms with E-state index in [1.54, 1.807) is 31.3 Å². The third-order valence-electron chi connectivity index (χ3n) is 15.3. The summed E-state index contributed by atoms with van der Waals surface area (Å²) < 4.78 is 68.1. The quantitative estimate of drug-likeness (QED) is 0.0754. The van der Waals surface area contributed by atoms with E-state index in [4.69, 9.17) is 9.47 Å². The van der Waals surface area contributed by atoms with E-state index in [1.165, 1.54) is 17.8 Å². The zero-order chi connectivity index (χ0) is 48.5. The van der Waals surface area contributed by atoms with Crippen molar-refractivity contribution in [3.05, 3.63) is 99.9 Å². The predicted octanol–water partition coefficient (Wildman–Crippen LogP) is 7.24. The number of aromatic nitrogens is 3. The maximum Gasteiger partial charge on any atom is 0.300 e. The van der Waals surface area contributed by atoms with Gasteiger partial charge in [0, 0.05) is 55.1 Å². The number of hydrogen-bond donors (Lipinski definition) is 4. The SMILES string of the molecule is CC(C)c1ccccc1[C@@H]1CS(=O)(=O)CCN1C1CC2(CCN(c3ccc(C(=O)NS(=O)(=O)c4cc([N+](=O)[O-])c5c(n4)OC[C@H]([C@H]4CC[C@](C)(O)CC4)N5)c(Oc4cnc5[nH]ccc5c4)c3)CC2)C1. The third kappa shape index (κ3) is 9.47. The fraction of sp³-hybridized carbons (Fsp3) is 0.490.